The second-order valence-corrected chi connectivity index (χ2v) is 4.13. The molecule has 4 heteroatoms. The van der Waals surface area contributed by atoms with Crippen LogP contribution in [0.1, 0.15) is 11.1 Å². The van der Waals surface area contributed by atoms with Crippen molar-refractivity contribution in [2.24, 2.45) is 5.73 Å². The molecule has 0 saturated carbocycles. The summed E-state index contributed by atoms with van der Waals surface area (Å²) in [4.78, 5) is 12.5. The lowest BCUT2D eigenvalue weighted by molar-refractivity contribution is -0.123. The minimum Gasteiger partial charge on any atom is -0.362 e. The van der Waals surface area contributed by atoms with Crippen LogP contribution in [0.5, 0.6) is 0 Å². The van der Waals surface area contributed by atoms with Gasteiger partial charge in [0.1, 0.15) is 5.60 Å². The maximum absolute atomic E-state index is 10.9. The predicted octanol–water partition coefficient (Wildman–Crippen LogP) is 0.806. The molecule has 1 aromatic rings. The summed E-state index contributed by atoms with van der Waals surface area (Å²) in [6, 6.07) is 7.78. The van der Waals surface area contributed by atoms with Crippen LogP contribution in [0.3, 0.4) is 0 Å². The lowest BCUT2D eigenvalue weighted by Crippen LogP contribution is -2.62. The van der Waals surface area contributed by atoms with E-state index in [2.05, 4.69) is 12.1 Å². The van der Waals surface area contributed by atoms with Crippen LogP contribution in [0.15, 0.2) is 24.3 Å². The van der Waals surface area contributed by atoms with Gasteiger partial charge in [0, 0.05) is 0 Å². The van der Waals surface area contributed by atoms with Crippen LogP contribution in [-0.4, -0.2) is 24.0 Å². The molecule has 2 N–H and O–H groups in total. The second-order valence-electron chi connectivity index (χ2n) is 4.13. The fraction of sp³-hybridized carbons (Fsp3) is 0.364. The van der Waals surface area contributed by atoms with E-state index in [9.17, 15) is 4.79 Å². The van der Waals surface area contributed by atoms with Gasteiger partial charge in [0.2, 0.25) is 0 Å². The lowest BCUT2D eigenvalue weighted by atomic mass is 9.85. The molecule has 4 nitrogen and oxygen atoms in total. The zero-order chi connectivity index (χ0) is 10.5. The highest BCUT2D eigenvalue weighted by atomic mass is 16.5. The molecule has 0 aliphatic carbocycles. The monoisotopic (exact) mass is 204 g/mol. The number of hydrogen-bond donors (Lipinski definition) is 1. The first-order valence-electron chi connectivity index (χ1n) is 4.98. The smallest absolute Gasteiger partial charge is 0.315 e. The van der Waals surface area contributed by atoms with Crippen LogP contribution in [0.2, 0.25) is 0 Å². The molecule has 2 aliphatic rings. The summed E-state index contributed by atoms with van der Waals surface area (Å²) in [7, 11) is 0. The van der Waals surface area contributed by atoms with Gasteiger partial charge in [-0.2, -0.15) is 0 Å². The number of carbonyl (C=O) groups is 1. The van der Waals surface area contributed by atoms with Crippen molar-refractivity contribution >= 4 is 6.03 Å². The van der Waals surface area contributed by atoms with Gasteiger partial charge in [-0.3, -0.25) is 0 Å². The van der Waals surface area contributed by atoms with Crippen molar-refractivity contribution in [2.75, 3.05) is 13.1 Å². The molecule has 2 amide bonds. The predicted molar refractivity (Wildman–Crippen MR) is 54.1 cm³/mol. The van der Waals surface area contributed by atoms with Crippen LogP contribution < -0.4 is 5.73 Å². The second kappa shape index (κ2) is 2.73. The fourth-order valence-electron chi connectivity index (χ4n) is 2.37. The molecule has 1 spiro atoms. The van der Waals surface area contributed by atoms with Crippen molar-refractivity contribution in [2.45, 2.75) is 12.2 Å². The van der Waals surface area contributed by atoms with Crippen LogP contribution in [-0.2, 0) is 16.9 Å². The molecule has 1 saturated heterocycles. The number of primary amides is 1. The largest absolute Gasteiger partial charge is 0.362 e. The van der Waals surface area contributed by atoms with Crippen molar-refractivity contribution in [3.63, 3.8) is 0 Å². The number of benzene rings is 1. The highest BCUT2D eigenvalue weighted by Crippen LogP contribution is 2.42. The van der Waals surface area contributed by atoms with E-state index in [0.29, 0.717) is 19.7 Å². The standard InChI is InChI=1S/C11H12N2O2/c12-10(14)13-6-11(7-13)9-4-2-1-3-8(9)5-15-11/h1-4H,5-7H2,(H2,12,14). The first-order valence-corrected chi connectivity index (χ1v) is 4.98. The van der Waals surface area contributed by atoms with Gasteiger partial charge in [0.15, 0.2) is 0 Å². The van der Waals surface area contributed by atoms with Gasteiger partial charge in [-0.05, 0) is 11.1 Å². The Morgan fingerprint density at radius 2 is 2.13 bits per heavy atom. The van der Waals surface area contributed by atoms with Crippen LogP contribution in [0.4, 0.5) is 4.79 Å². The summed E-state index contributed by atoms with van der Waals surface area (Å²) in [5, 5.41) is 0. The summed E-state index contributed by atoms with van der Waals surface area (Å²) in [6.45, 7) is 1.81. The molecule has 15 heavy (non-hydrogen) atoms. The van der Waals surface area contributed by atoms with Crippen molar-refractivity contribution in [1.29, 1.82) is 0 Å². The molecule has 1 fully saturated rings. The van der Waals surface area contributed by atoms with Gasteiger partial charge < -0.3 is 15.4 Å². The summed E-state index contributed by atoms with van der Waals surface area (Å²) >= 11 is 0. The molecule has 0 bridgehead atoms. The van der Waals surface area contributed by atoms with E-state index >= 15 is 0 Å². The molecule has 0 unspecified atom stereocenters. The normalized spacial score (nSPS) is 21.2. The average molecular weight is 204 g/mol. The maximum Gasteiger partial charge on any atom is 0.315 e. The lowest BCUT2D eigenvalue weighted by Gasteiger charge is -2.46. The molecule has 0 atom stereocenters. The van der Waals surface area contributed by atoms with Crippen LogP contribution in [0.25, 0.3) is 0 Å². The summed E-state index contributed by atoms with van der Waals surface area (Å²) in [5.41, 5.74) is 7.36. The number of ether oxygens (including phenoxy) is 1. The van der Waals surface area contributed by atoms with Crippen molar-refractivity contribution in [3.8, 4) is 0 Å². The maximum atomic E-state index is 10.9. The Kier molecular flexibility index (Phi) is 1.59. The van der Waals surface area contributed by atoms with E-state index in [4.69, 9.17) is 10.5 Å². The third kappa shape index (κ3) is 1.08. The van der Waals surface area contributed by atoms with Crippen LogP contribution in [0, 0.1) is 0 Å². The number of likely N-dealkylation sites (tertiary alicyclic amines) is 1. The molecule has 0 aromatic heterocycles. The summed E-state index contributed by atoms with van der Waals surface area (Å²) in [6.07, 6.45) is 0. The number of urea groups is 1. The van der Waals surface area contributed by atoms with Crippen molar-refractivity contribution < 1.29 is 9.53 Å². The van der Waals surface area contributed by atoms with E-state index in [1.165, 1.54) is 11.1 Å². The Morgan fingerprint density at radius 3 is 2.87 bits per heavy atom. The minimum atomic E-state index is -0.367. The average Bonchev–Trinajstić information content (AvgIpc) is 2.54. The number of carbonyl (C=O) groups excluding carboxylic acids is 1. The highest BCUT2D eigenvalue weighted by Gasteiger charge is 2.51. The van der Waals surface area contributed by atoms with Gasteiger partial charge in [-0.1, -0.05) is 24.3 Å². The molecule has 1 aromatic carbocycles. The quantitative estimate of drug-likeness (QED) is 0.679. The highest BCUT2D eigenvalue weighted by molar-refractivity contribution is 5.73. The molecule has 2 heterocycles. The van der Waals surface area contributed by atoms with Gasteiger partial charge in [-0.25, -0.2) is 4.79 Å². The third-order valence-corrected chi connectivity index (χ3v) is 3.22. The zero-order valence-electron chi connectivity index (χ0n) is 8.27. The van der Waals surface area contributed by atoms with Gasteiger partial charge >= 0.3 is 6.03 Å². The SMILES string of the molecule is NC(=O)N1CC2(C1)OCc1ccccc12. The van der Waals surface area contributed by atoms with Crippen LogP contribution >= 0.6 is 0 Å². The number of nitrogens with two attached hydrogens (primary N) is 1. The Bertz CT molecular complexity index is 424. The number of nitrogens with zero attached hydrogens (tertiary/aromatic N) is 1. The van der Waals surface area contributed by atoms with Gasteiger partial charge in [0.05, 0.1) is 19.7 Å². The fourth-order valence-corrected chi connectivity index (χ4v) is 2.37. The number of rotatable bonds is 0. The first-order chi connectivity index (χ1) is 7.21. The molecular weight excluding hydrogens is 192 g/mol. The Hall–Kier alpha value is -1.55. The van der Waals surface area contributed by atoms with E-state index in [-0.39, 0.29) is 11.6 Å². The van der Waals surface area contributed by atoms with Crippen molar-refractivity contribution in [3.05, 3.63) is 35.4 Å². The van der Waals surface area contributed by atoms with Gasteiger partial charge in [0.25, 0.3) is 0 Å². The minimum absolute atomic E-state index is 0.272. The van der Waals surface area contributed by atoms with E-state index < -0.39 is 0 Å². The third-order valence-electron chi connectivity index (χ3n) is 3.22. The Balaban J connectivity index is 1.90. The van der Waals surface area contributed by atoms with E-state index in [0.717, 1.165) is 0 Å². The van der Waals surface area contributed by atoms with Crippen molar-refractivity contribution in [1.82, 2.24) is 4.90 Å². The molecule has 0 radical (unpaired) electrons. The van der Waals surface area contributed by atoms with Gasteiger partial charge in [-0.15, -0.1) is 0 Å². The number of amides is 2. The number of hydrogen-bond acceptors (Lipinski definition) is 2. The Morgan fingerprint density at radius 1 is 1.40 bits per heavy atom. The number of fused-ring (bicyclic) bond motifs is 2. The zero-order valence-corrected chi connectivity index (χ0v) is 8.27. The Labute approximate surface area is 87.6 Å². The summed E-state index contributed by atoms with van der Waals surface area (Å²) in [5.74, 6) is 0. The summed E-state index contributed by atoms with van der Waals surface area (Å²) < 4.78 is 5.78. The molecule has 3 rings (SSSR count). The molecular formula is C11H12N2O2. The van der Waals surface area contributed by atoms with E-state index in [1.54, 1.807) is 4.90 Å². The van der Waals surface area contributed by atoms with E-state index in [1.807, 2.05) is 12.1 Å². The molecule has 78 valence electrons. The first kappa shape index (κ1) is 8.73. The molecule has 2 aliphatic heterocycles. The topological polar surface area (TPSA) is 55.6 Å².